The average Bonchev–Trinajstić information content (AvgIpc) is 3.77. The van der Waals surface area contributed by atoms with E-state index in [1.54, 1.807) is 11.3 Å². The topological polar surface area (TPSA) is 51.8 Å². The number of thiophene rings is 1. The second-order valence-electron chi connectivity index (χ2n) is 12.4. The number of benzene rings is 7. The van der Waals surface area contributed by atoms with E-state index in [1.165, 1.54) is 14.8 Å². The first-order chi connectivity index (χ1) is 24.8. The molecule has 0 bridgehead atoms. The molecule has 0 aliphatic heterocycles. The lowest BCUT2D eigenvalue weighted by atomic mass is 9.94. The van der Waals surface area contributed by atoms with Crippen LogP contribution in [0.2, 0.25) is 0 Å². The molecule has 0 aliphatic carbocycles. The molecular formula is C45H27N3OS. The highest BCUT2D eigenvalue weighted by Crippen LogP contribution is 2.42. The highest BCUT2D eigenvalue weighted by molar-refractivity contribution is 7.25. The third-order valence-electron chi connectivity index (χ3n) is 9.38. The summed E-state index contributed by atoms with van der Waals surface area (Å²) < 4.78 is 8.94. The molecule has 0 saturated heterocycles. The van der Waals surface area contributed by atoms with Gasteiger partial charge >= 0.3 is 0 Å². The average molecular weight is 658 g/mol. The molecule has 0 aliphatic rings. The molecule has 0 amide bonds. The molecule has 0 atom stereocenters. The van der Waals surface area contributed by atoms with Gasteiger partial charge in [-0.15, -0.1) is 11.3 Å². The summed E-state index contributed by atoms with van der Waals surface area (Å²) in [7, 11) is 0. The predicted molar refractivity (Wildman–Crippen MR) is 207 cm³/mol. The minimum absolute atomic E-state index is 0.567. The van der Waals surface area contributed by atoms with Crippen LogP contribution in [0.3, 0.4) is 0 Å². The third-order valence-corrected chi connectivity index (χ3v) is 10.5. The van der Waals surface area contributed by atoms with Gasteiger partial charge in [-0.25, -0.2) is 15.0 Å². The number of nitrogens with zero attached hydrogens (tertiary/aromatic N) is 3. The van der Waals surface area contributed by atoms with Crippen LogP contribution in [0, 0.1) is 0 Å². The molecule has 50 heavy (non-hydrogen) atoms. The standard InChI is InChI=1S/C45H27N3OS/c1-3-13-28(14-4-1)30-25-26-33(37(27-30)29-15-5-2-6-16-29)43-46-44(35-20-12-24-40-41(35)34-18-8-10-23-39(34)50-40)48-45(47-43)36-21-11-19-32-31-17-7-9-22-38(31)49-42(32)36/h1-27H. The van der Waals surface area contributed by atoms with Gasteiger partial charge in [0.2, 0.25) is 0 Å². The van der Waals surface area contributed by atoms with Crippen molar-refractivity contribution in [3.8, 4) is 56.4 Å². The Balaban J connectivity index is 1.27. The van der Waals surface area contributed by atoms with Gasteiger partial charge in [0.1, 0.15) is 11.2 Å². The van der Waals surface area contributed by atoms with Crippen molar-refractivity contribution in [3.05, 3.63) is 164 Å². The predicted octanol–water partition coefficient (Wildman–Crippen LogP) is 12.5. The summed E-state index contributed by atoms with van der Waals surface area (Å²) in [5, 5.41) is 4.45. The monoisotopic (exact) mass is 657 g/mol. The number of rotatable bonds is 5. The Hall–Kier alpha value is -6.43. The van der Waals surface area contributed by atoms with Crippen LogP contribution in [0.4, 0.5) is 0 Å². The van der Waals surface area contributed by atoms with E-state index in [-0.39, 0.29) is 0 Å². The van der Waals surface area contributed by atoms with E-state index in [0.717, 1.165) is 66.3 Å². The molecular weight excluding hydrogens is 631 g/mol. The summed E-state index contributed by atoms with van der Waals surface area (Å²) in [5.41, 5.74) is 8.76. The molecule has 0 spiro atoms. The highest BCUT2D eigenvalue weighted by Gasteiger charge is 2.21. The Morgan fingerprint density at radius 3 is 1.80 bits per heavy atom. The van der Waals surface area contributed by atoms with Crippen LogP contribution >= 0.6 is 11.3 Å². The van der Waals surface area contributed by atoms with E-state index in [0.29, 0.717) is 17.5 Å². The van der Waals surface area contributed by atoms with E-state index in [2.05, 4.69) is 127 Å². The Bertz CT molecular complexity index is 2870. The second kappa shape index (κ2) is 11.6. The largest absolute Gasteiger partial charge is 0.455 e. The van der Waals surface area contributed by atoms with Crippen molar-refractivity contribution in [3.63, 3.8) is 0 Å². The molecule has 3 heterocycles. The lowest BCUT2D eigenvalue weighted by molar-refractivity contribution is 0.669. The molecule has 3 aromatic heterocycles. The van der Waals surface area contributed by atoms with Crippen molar-refractivity contribution in [1.82, 2.24) is 15.0 Å². The van der Waals surface area contributed by atoms with Crippen molar-refractivity contribution in [2.45, 2.75) is 0 Å². The van der Waals surface area contributed by atoms with Gasteiger partial charge in [-0.1, -0.05) is 127 Å². The third kappa shape index (κ3) is 4.71. The zero-order valence-corrected chi connectivity index (χ0v) is 27.6. The molecule has 0 saturated carbocycles. The summed E-state index contributed by atoms with van der Waals surface area (Å²) in [5.74, 6) is 1.80. The van der Waals surface area contributed by atoms with Crippen molar-refractivity contribution < 1.29 is 4.42 Å². The van der Waals surface area contributed by atoms with E-state index < -0.39 is 0 Å². The van der Waals surface area contributed by atoms with Crippen LogP contribution in [-0.2, 0) is 0 Å². The van der Waals surface area contributed by atoms with Gasteiger partial charge in [0, 0.05) is 42.1 Å². The van der Waals surface area contributed by atoms with Gasteiger partial charge in [0.25, 0.3) is 0 Å². The molecule has 0 unspecified atom stereocenters. The van der Waals surface area contributed by atoms with Crippen molar-refractivity contribution >= 4 is 53.4 Å². The molecule has 7 aromatic carbocycles. The van der Waals surface area contributed by atoms with Gasteiger partial charge in [-0.05, 0) is 58.7 Å². The van der Waals surface area contributed by atoms with Gasteiger partial charge in [-0.3, -0.25) is 0 Å². The maximum Gasteiger partial charge on any atom is 0.167 e. The molecule has 234 valence electrons. The van der Waals surface area contributed by atoms with Gasteiger partial charge in [0.05, 0.1) is 5.56 Å². The Labute approximate surface area is 292 Å². The number of hydrogen-bond donors (Lipinski definition) is 0. The second-order valence-corrected chi connectivity index (χ2v) is 13.4. The summed E-state index contributed by atoms with van der Waals surface area (Å²) in [4.78, 5) is 15.8. The fourth-order valence-corrected chi connectivity index (χ4v) is 8.16. The van der Waals surface area contributed by atoms with Crippen LogP contribution < -0.4 is 0 Å². The summed E-state index contributed by atoms with van der Waals surface area (Å²) >= 11 is 1.79. The van der Waals surface area contributed by atoms with Crippen LogP contribution in [0.15, 0.2) is 168 Å². The maximum absolute atomic E-state index is 6.50. The summed E-state index contributed by atoms with van der Waals surface area (Å²) in [6.45, 7) is 0. The van der Waals surface area contributed by atoms with Gasteiger partial charge < -0.3 is 4.42 Å². The van der Waals surface area contributed by atoms with E-state index in [1.807, 2.05) is 36.4 Å². The first kappa shape index (κ1) is 28.6. The zero-order chi connectivity index (χ0) is 33.0. The number of fused-ring (bicyclic) bond motifs is 6. The number of furan rings is 1. The quantitative estimate of drug-likeness (QED) is 0.185. The lowest BCUT2D eigenvalue weighted by Gasteiger charge is -2.14. The van der Waals surface area contributed by atoms with E-state index >= 15 is 0 Å². The smallest absolute Gasteiger partial charge is 0.167 e. The number of aromatic nitrogens is 3. The van der Waals surface area contributed by atoms with Crippen LogP contribution in [0.1, 0.15) is 0 Å². The highest BCUT2D eigenvalue weighted by atomic mass is 32.1. The zero-order valence-electron chi connectivity index (χ0n) is 26.7. The first-order valence-corrected chi connectivity index (χ1v) is 17.4. The fraction of sp³-hybridized carbons (Fsp3) is 0. The number of hydrogen-bond acceptors (Lipinski definition) is 5. The molecule has 10 aromatic rings. The van der Waals surface area contributed by atoms with Crippen LogP contribution in [-0.4, -0.2) is 15.0 Å². The SMILES string of the molecule is c1ccc(-c2ccc(-c3nc(-c4cccc5c4oc4ccccc45)nc(-c4cccc5sc6ccccc6c45)n3)c(-c3ccccc3)c2)cc1. The fourth-order valence-electron chi connectivity index (χ4n) is 7.03. The molecule has 0 N–H and O–H groups in total. The summed E-state index contributed by atoms with van der Waals surface area (Å²) in [6, 6.07) is 56.8. The van der Waals surface area contributed by atoms with E-state index in [9.17, 15) is 0 Å². The normalized spacial score (nSPS) is 11.6. The molecule has 0 radical (unpaired) electrons. The Morgan fingerprint density at radius 1 is 0.380 bits per heavy atom. The molecule has 10 rings (SSSR count). The van der Waals surface area contributed by atoms with Gasteiger partial charge in [0.15, 0.2) is 17.5 Å². The van der Waals surface area contributed by atoms with Crippen molar-refractivity contribution in [1.29, 1.82) is 0 Å². The van der Waals surface area contributed by atoms with Crippen LogP contribution in [0.5, 0.6) is 0 Å². The Kier molecular flexibility index (Phi) is 6.64. The molecule has 5 heteroatoms. The Morgan fingerprint density at radius 2 is 0.980 bits per heavy atom. The van der Waals surface area contributed by atoms with Gasteiger partial charge in [-0.2, -0.15) is 0 Å². The minimum Gasteiger partial charge on any atom is -0.455 e. The lowest BCUT2D eigenvalue weighted by Crippen LogP contribution is -2.01. The van der Waals surface area contributed by atoms with E-state index in [4.69, 9.17) is 19.4 Å². The number of para-hydroxylation sites is 2. The summed E-state index contributed by atoms with van der Waals surface area (Å²) in [6.07, 6.45) is 0. The van der Waals surface area contributed by atoms with Crippen LogP contribution in [0.25, 0.3) is 98.5 Å². The minimum atomic E-state index is 0.567. The first-order valence-electron chi connectivity index (χ1n) is 16.6. The molecule has 0 fully saturated rings. The maximum atomic E-state index is 6.50. The van der Waals surface area contributed by atoms with Crippen molar-refractivity contribution in [2.75, 3.05) is 0 Å². The molecule has 4 nitrogen and oxygen atoms in total. The van der Waals surface area contributed by atoms with Crippen molar-refractivity contribution in [2.24, 2.45) is 0 Å².